The predicted octanol–water partition coefficient (Wildman–Crippen LogP) is 1.11. The number of carbonyl (C=O) groups excluding carboxylic acids is 1. The average Bonchev–Trinajstić information content (AvgIpc) is 2.11. The number of ether oxygens (including phenoxy) is 3. The van der Waals surface area contributed by atoms with Crippen LogP contribution in [0.15, 0.2) is 12.2 Å². The van der Waals surface area contributed by atoms with Crippen molar-refractivity contribution in [3.05, 3.63) is 12.2 Å². The predicted molar refractivity (Wildman–Crippen MR) is 48.2 cm³/mol. The van der Waals surface area contributed by atoms with Crippen LogP contribution in [0.2, 0.25) is 0 Å². The summed E-state index contributed by atoms with van der Waals surface area (Å²) in [6, 6.07) is 0. The van der Waals surface area contributed by atoms with E-state index in [0.717, 1.165) is 0 Å². The molecule has 4 heteroatoms. The Hall–Kier alpha value is -0.870. The topological polar surface area (TPSA) is 44.8 Å². The normalized spacial score (nSPS) is 12.2. The van der Waals surface area contributed by atoms with E-state index in [2.05, 4.69) is 6.58 Å². The monoisotopic (exact) mass is 188 g/mol. The van der Waals surface area contributed by atoms with Crippen LogP contribution in [0, 0.1) is 0 Å². The molecule has 0 fully saturated rings. The van der Waals surface area contributed by atoms with Gasteiger partial charge in [0, 0.05) is 12.7 Å². The van der Waals surface area contributed by atoms with E-state index in [4.69, 9.17) is 14.2 Å². The summed E-state index contributed by atoms with van der Waals surface area (Å²) in [6.07, 6.45) is -0.275. The largest absolute Gasteiger partial charge is 0.460 e. The van der Waals surface area contributed by atoms with Crippen molar-refractivity contribution < 1.29 is 19.0 Å². The van der Waals surface area contributed by atoms with E-state index >= 15 is 0 Å². The number of esters is 1. The van der Waals surface area contributed by atoms with Crippen molar-refractivity contribution >= 4 is 5.97 Å². The molecule has 76 valence electrons. The zero-order chi connectivity index (χ0) is 10.3. The van der Waals surface area contributed by atoms with Gasteiger partial charge in [0.25, 0.3) is 0 Å². The van der Waals surface area contributed by atoms with Crippen LogP contribution >= 0.6 is 0 Å². The van der Waals surface area contributed by atoms with Gasteiger partial charge in [-0.1, -0.05) is 6.58 Å². The third-order valence-electron chi connectivity index (χ3n) is 1.35. The highest BCUT2D eigenvalue weighted by molar-refractivity contribution is 5.86. The second kappa shape index (κ2) is 6.62. The SMILES string of the molecule is C=C(C)C(=O)OCCOC(C)OC. The number of hydrogen-bond donors (Lipinski definition) is 0. The van der Waals surface area contributed by atoms with Gasteiger partial charge in [0.05, 0.1) is 6.61 Å². The van der Waals surface area contributed by atoms with Gasteiger partial charge in [0.2, 0.25) is 0 Å². The Morgan fingerprint density at radius 3 is 2.54 bits per heavy atom. The van der Waals surface area contributed by atoms with Crippen molar-refractivity contribution in [1.82, 2.24) is 0 Å². The molecule has 0 spiro atoms. The van der Waals surface area contributed by atoms with Crippen LogP contribution < -0.4 is 0 Å². The lowest BCUT2D eigenvalue weighted by molar-refractivity contribution is -0.148. The molecule has 0 aliphatic heterocycles. The zero-order valence-electron chi connectivity index (χ0n) is 8.33. The van der Waals surface area contributed by atoms with E-state index in [1.165, 1.54) is 0 Å². The summed E-state index contributed by atoms with van der Waals surface area (Å²) in [5, 5.41) is 0. The van der Waals surface area contributed by atoms with Gasteiger partial charge >= 0.3 is 5.97 Å². The minimum atomic E-state index is -0.395. The molecule has 0 aromatic carbocycles. The third-order valence-corrected chi connectivity index (χ3v) is 1.35. The van der Waals surface area contributed by atoms with Crippen molar-refractivity contribution in [2.45, 2.75) is 20.1 Å². The molecule has 13 heavy (non-hydrogen) atoms. The first-order chi connectivity index (χ1) is 6.07. The minimum Gasteiger partial charge on any atom is -0.460 e. The Morgan fingerprint density at radius 2 is 2.08 bits per heavy atom. The lowest BCUT2D eigenvalue weighted by Crippen LogP contribution is -2.16. The first-order valence-electron chi connectivity index (χ1n) is 4.05. The quantitative estimate of drug-likeness (QED) is 0.271. The Balaban J connectivity index is 3.36. The summed E-state index contributed by atoms with van der Waals surface area (Å²) in [6.45, 7) is 7.36. The molecular formula is C9H16O4. The first-order valence-corrected chi connectivity index (χ1v) is 4.05. The van der Waals surface area contributed by atoms with Gasteiger partial charge in [0.15, 0.2) is 6.29 Å². The molecule has 0 aromatic heterocycles. The van der Waals surface area contributed by atoms with E-state index in [1.807, 2.05) is 0 Å². The zero-order valence-corrected chi connectivity index (χ0v) is 8.33. The van der Waals surface area contributed by atoms with E-state index in [-0.39, 0.29) is 12.9 Å². The van der Waals surface area contributed by atoms with Gasteiger partial charge in [-0.15, -0.1) is 0 Å². The van der Waals surface area contributed by atoms with Gasteiger partial charge in [-0.05, 0) is 13.8 Å². The molecule has 0 aromatic rings. The molecule has 4 nitrogen and oxygen atoms in total. The van der Waals surface area contributed by atoms with Crippen LogP contribution in [0.25, 0.3) is 0 Å². The third kappa shape index (κ3) is 6.31. The van der Waals surface area contributed by atoms with Crippen LogP contribution in [0.3, 0.4) is 0 Å². The Bertz CT molecular complexity index is 176. The van der Waals surface area contributed by atoms with Crippen molar-refractivity contribution in [2.24, 2.45) is 0 Å². The van der Waals surface area contributed by atoms with Gasteiger partial charge in [0.1, 0.15) is 6.61 Å². The van der Waals surface area contributed by atoms with Crippen LogP contribution in [-0.2, 0) is 19.0 Å². The number of rotatable bonds is 6. The molecule has 0 saturated heterocycles. The van der Waals surface area contributed by atoms with Gasteiger partial charge in [-0.25, -0.2) is 4.79 Å². The molecule has 0 rings (SSSR count). The van der Waals surface area contributed by atoms with E-state index in [0.29, 0.717) is 12.2 Å². The molecule has 0 heterocycles. The van der Waals surface area contributed by atoms with E-state index < -0.39 is 5.97 Å². The maximum atomic E-state index is 10.8. The van der Waals surface area contributed by atoms with Gasteiger partial charge < -0.3 is 14.2 Å². The van der Waals surface area contributed by atoms with E-state index in [1.54, 1.807) is 21.0 Å². The Morgan fingerprint density at radius 1 is 1.46 bits per heavy atom. The molecule has 1 unspecified atom stereocenters. The second-order valence-corrected chi connectivity index (χ2v) is 2.59. The minimum absolute atomic E-state index is 0.222. The molecule has 0 aliphatic carbocycles. The maximum absolute atomic E-state index is 10.8. The first kappa shape index (κ1) is 12.1. The summed E-state index contributed by atoms with van der Waals surface area (Å²) in [5.41, 5.74) is 0.389. The van der Waals surface area contributed by atoms with Crippen LogP contribution in [0.1, 0.15) is 13.8 Å². The lowest BCUT2D eigenvalue weighted by Gasteiger charge is -2.10. The standard InChI is InChI=1S/C9H16O4/c1-7(2)9(10)13-6-5-12-8(3)11-4/h8H,1,5-6H2,2-4H3. The van der Waals surface area contributed by atoms with Crippen molar-refractivity contribution in [1.29, 1.82) is 0 Å². The Labute approximate surface area is 78.5 Å². The maximum Gasteiger partial charge on any atom is 0.333 e. The highest BCUT2D eigenvalue weighted by Crippen LogP contribution is 1.94. The molecule has 0 amide bonds. The molecule has 0 radical (unpaired) electrons. The molecule has 0 saturated carbocycles. The molecular weight excluding hydrogens is 172 g/mol. The smallest absolute Gasteiger partial charge is 0.333 e. The summed E-state index contributed by atoms with van der Waals surface area (Å²) < 4.78 is 14.7. The van der Waals surface area contributed by atoms with Crippen molar-refractivity contribution in [2.75, 3.05) is 20.3 Å². The highest BCUT2D eigenvalue weighted by Gasteiger charge is 2.03. The molecule has 1 atom stereocenters. The highest BCUT2D eigenvalue weighted by atomic mass is 16.7. The lowest BCUT2D eigenvalue weighted by atomic mass is 10.4. The average molecular weight is 188 g/mol. The Kier molecular flexibility index (Phi) is 6.18. The van der Waals surface area contributed by atoms with E-state index in [9.17, 15) is 4.79 Å². The number of methoxy groups -OCH3 is 1. The van der Waals surface area contributed by atoms with Crippen molar-refractivity contribution in [3.8, 4) is 0 Å². The number of carbonyl (C=O) groups is 1. The summed E-state index contributed by atoms with van der Waals surface area (Å²) in [5.74, 6) is -0.395. The van der Waals surface area contributed by atoms with Gasteiger partial charge in [-0.3, -0.25) is 0 Å². The number of hydrogen-bond acceptors (Lipinski definition) is 4. The molecule has 0 aliphatic rings. The fourth-order valence-corrected chi connectivity index (χ4v) is 0.540. The summed E-state index contributed by atoms with van der Waals surface area (Å²) in [4.78, 5) is 10.8. The second-order valence-electron chi connectivity index (χ2n) is 2.59. The van der Waals surface area contributed by atoms with Crippen LogP contribution in [0.5, 0.6) is 0 Å². The summed E-state index contributed by atoms with van der Waals surface area (Å²) >= 11 is 0. The van der Waals surface area contributed by atoms with Crippen molar-refractivity contribution in [3.63, 3.8) is 0 Å². The fourth-order valence-electron chi connectivity index (χ4n) is 0.540. The van der Waals surface area contributed by atoms with Crippen LogP contribution in [-0.4, -0.2) is 32.6 Å². The van der Waals surface area contributed by atoms with Crippen LogP contribution in [0.4, 0.5) is 0 Å². The fraction of sp³-hybridized carbons (Fsp3) is 0.667. The molecule has 0 bridgehead atoms. The van der Waals surface area contributed by atoms with Gasteiger partial charge in [-0.2, -0.15) is 0 Å². The molecule has 0 N–H and O–H groups in total. The summed E-state index contributed by atoms with van der Waals surface area (Å²) in [7, 11) is 1.55.